The van der Waals surface area contributed by atoms with Crippen LogP contribution in [0.2, 0.25) is 0 Å². The smallest absolute Gasteiger partial charge is 0.299 e. The molecule has 2 aliphatic rings. The number of piperidine rings is 1. The second kappa shape index (κ2) is 12.3. The third-order valence-electron chi connectivity index (χ3n) is 9.42. The number of hydrogen-bond donors (Lipinski definition) is 0. The molecule has 44 heavy (non-hydrogen) atoms. The number of fused-ring (bicyclic) bond motifs is 1. The molecule has 0 amide bonds. The van der Waals surface area contributed by atoms with Gasteiger partial charge in [-0.05, 0) is 107 Å². The van der Waals surface area contributed by atoms with Crippen molar-refractivity contribution in [1.82, 2.24) is 18.9 Å². The molecule has 2 fully saturated rings. The van der Waals surface area contributed by atoms with Gasteiger partial charge >= 0.3 is 11.9 Å². The van der Waals surface area contributed by atoms with Crippen molar-refractivity contribution < 1.29 is 13.2 Å². The molecule has 9 heteroatoms. The molecule has 0 bridgehead atoms. The van der Waals surface area contributed by atoms with Gasteiger partial charge in [0.05, 0.1) is 39.6 Å². The Balaban J connectivity index is 1.20. The fraction of sp³-hybridized carbons (Fsp3) is 0.429. The van der Waals surface area contributed by atoms with Crippen LogP contribution in [0.1, 0.15) is 62.6 Å². The highest BCUT2D eigenvalue weighted by Gasteiger charge is 2.34. The van der Waals surface area contributed by atoms with Gasteiger partial charge in [0.15, 0.2) is 0 Å². The summed E-state index contributed by atoms with van der Waals surface area (Å²) in [6.45, 7) is 8.82. The van der Waals surface area contributed by atoms with Crippen LogP contribution in [0.4, 0.5) is 13.2 Å². The van der Waals surface area contributed by atoms with Crippen LogP contribution in [0, 0.1) is 17.2 Å². The molecular formula is C35H38F3N5O. The number of halogens is 3. The van der Waals surface area contributed by atoms with Crippen LogP contribution >= 0.6 is 0 Å². The van der Waals surface area contributed by atoms with E-state index < -0.39 is 23.0 Å². The Morgan fingerprint density at radius 2 is 1.52 bits per heavy atom. The van der Waals surface area contributed by atoms with Crippen LogP contribution in [-0.4, -0.2) is 50.7 Å². The lowest BCUT2D eigenvalue weighted by atomic mass is 9.88. The van der Waals surface area contributed by atoms with Gasteiger partial charge in [-0.2, -0.15) is 18.4 Å². The van der Waals surface area contributed by atoms with Crippen molar-refractivity contribution in [3.63, 3.8) is 0 Å². The Labute approximate surface area is 255 Å². The third kappa shape index (κ3) is 5.93. The van der Waals surface area contributed by atoms with E-state index in [1.807, 2.05) is 24.3 Å². The molecule has 0 spiro atoms. The molecule has 6 rings (SSSR count). The molecule has 0 N–H and O–H groups in total. The predicted molar refractivity (Wildman–Crippen MR) is 166 cm³/mol. The van der Waals surface area contributed by atoms with Gasteiger partial charge in [-0.25, -0.2) is 4.79 Å². The second-order valence-corrected chi connectivity index (χ2v) is 12.5. The van der Waals surface area contributed by atoms with E-state index >= 15 is 0 Å². The van der Waals surface area contributed by atoms with Gasteiger partial charge in [0.1, 0.15) is 0 Å². The van der Waals surface area contributed by atoms with Crippen molar-refractivity contribution >= 4 is 11.0 Å². The van der Waals surface area contributed by atoms with Crippen LogP contribution in [0.3, 0.4) is 0 Å². The number of para-hydroxylation sites is 2. The Hall–Kier alpha value is -3.87. The molecule has 6 nitrogen and oxygen atoms in total. The minimum atomic E-state index is -4.72. The zero-order valence-electron chi connectivity index (χ0n) is 25.2. The molecule has 1 aliphatic heterocycles. The zero-order chi connectivity index (χ0) is 31.0. The van der Waals surface area contributed by atoms with E-state index in [-0.39, 0.29) is 5.69 Å². The third-order valence-corrected chi connectivity index (χ3v) is 9.42. The largest absolute Gasteiger partial charge is 0.417 e. The minimum Gasteiger partial charge on any atom is -0.299 e. The quantitative estimate of drug-likeness (QED) is 0.215. The van der Waals surface area contributed by atoms with E-state index in [4.69, 9.17) is 0 Å². The second-order valence-electron chi connectivity index (χ2n) is 12.5. The lowest BCUT2D eigenvalue weighted by Gasteiger charge is -2.43. The maximum atomic E-state index is 13.8. The zero-order valence-corrected chi connectivity index (χ0v) is 25.2. The Bertz CT molecular complexity index is 1720. The first-order chi connectivity index (χ1) is 21.1. The van der Waals surface area contributed by atoms with Crippen molar-refractivity contribution in [1.29, 1.82) is 5.26 Å². The lowest BCUT2D eigenvalue weighted by molar-refractivity contribution is -0.137. The number of alkyl halides is 3. The van der Waals surface area contributed by atoms with E-state index in [2.05, 4.69) is 23.6 Å². The van der Waals surface area contributed by atoms with Crippen molar-refractivity contribution in [2.75, 3.05) is 19.6 Å². The standard InChI is InChI=1S/C35H38F3N5O/c1-24(2)41(28-6-5-7-28)23-26-16-18-40(19-17-26)22-25-10-13-29(14-11-25)42-32-8-3-4-9-33(32)43(34(42)44)30-15-12-27(21-39)31(20-30)35(36,37)38/h3-4,8-15,20,24,26,28H,5-7,16-19,22-23H2,1-2H3. The van der Waals surface area contributed by atoms with Crippen LogP contribution in [-0.2, 0) is 12.7 Å². The van der Waals surface area contributed by atoms with Gasteiger partial charge < -0.3 is 0 Å². The van der Waals surface area contributed by atoms with Crippen molar-refractivity contribution in [3.8, 4) is 17.4 Å². The Kier molecular flexibility index (Phi) is 8.40. The average Bonchev–Trinajstić information content (AvgIpc) is 3.28. The molecule has 3 aromatic carbocycles. The molecular weight excluding hydrogens is 563 g/mol. The molecule has 1 aliphatic carbocycles. The van der Waals surface area contributed by atoms with Gasteiger partial charge in [-0.15, -0.1) is 0 Å². The van der Waals surface area contributed by atoms with E-state index in [9.17, 15) is 23.2 Å². The summed E-state index contributed by atoms with van der Waals surface area (Å²) in [7, 11) is 0. The highest BCUT2D eigenvalue weighted by molar-refractivity contribution is 5.80. The Morgan fingerprint density at radius 1 is 0.909 bits per heavy atom. The SMILES string of the molecule is CC(C)N(CC1CCN(Cc2ccc(-n3c(=O)n(-c4ccc(C#N)c(C(F)(F)F)c4)c4ccccc43)cc2)CC1)C1CCC1. The molecule has 4 aromatic rings. The van der Waals surface area contributed by atoms with Gasteiger partial charge in [0.25, 0.3) is 0 Å². The van der Waals surface area contributed by atoms with E-state index in [1.54, 1.807) is 30.3 Å². The molecule has 0 unspecified atom stereocenters. The average molecular weight is 602 g/mol. The Morgan fingerprint density at radius 3 is 2.07 bits per heavy atom. The highest BCUT2D eigenvalue weighted by Crippen LogP contribution is 2.34. The minimum absolute atomic E-state index is 0.0560. The number of benzene rings is 3. The van der Waals surface area contributed by atoms with E-state index in [1.165, 1.54) is 53.8 Å². The van der Waals surface area contributed by atoms with Crippen molar-refractivity contribution in [3.05, 3.63) is 93.9 Å². The van der Waals surface area contributed by atoms with E-state index in [0.29, 0.717) is 22.8 Å². The molecule has 2 heterocycles. The van der Waals surface area contributed by atoms with Crippen LogP contribution in [0.5, 0.6) is 0 Å². The van der Waals surface area contributed by atoms with Crippen molar-refractivity contribution in [2.45, 2.75) is 70.8 Å². The van der Waals surface area contributed by atoms with Gasteiger partial charge in [0.2, 0.25) is 0 Å². The fourth-order valence-corrected chi connectivity index (χ4v) is 6.78. The number of aromatic nitrogens is 2. The molecule has 1 aromatic heterocycles. The maximum absolute atomic E-state index is 13.8. The summed E-state index contributed by atoms with van der Waals surface area (Å²) < 4.78 is 43.9. The molecule has 1 saturated heterocycles. The molecule has 0 atom stereocenters. The summed E-state index contributed by atoms with van der Waals surface area (Å²) in [6.07, 6.45) is 1.73. The van der Waals surface area contributed by atoms with Crippen LogP contribution < -0.4 is 5.69 Å². The van der Waals surface area contributed by atoms with Crippen LogP contribution in [0.25, 0.3) is 22.4 Å². The first-order valence-corrected chi connectivity index (χ1v) is 15.6. The monoisotopic (exact) mass is 601 g/mol. The highest BCUT2D eigenvalue weighted by atomic mass is 19.4. The normalized spacial score (nSPS) is 17.0. The summed E-state index contributed by atoms with van der Waals surface area (Å²) in [5.41, 5.74) is 0.898. The number of nitriles is 1. The topological polar surface area (TPSA) is 57.2 Å². The summed E-state index contributed by atoms with van der Waals surface area (Å²) in [5.74, 6) is 0.740. The van der Waals surface area contributed by atoms with E-state index in [0.717, 1.165) is 49.3 Å². The lowest BCUT2D eigenvalue weighted by Crippen LogP contribution is -2.48. The molecule has 1 saturated carbocycles. The van der Waals surface area contributed by atoms with Crippen molar-refractivity contribution in [2.24, 2.45) is 5.92 Å². The summed E-state index contributed by atoms with van der Waals surface area (Å²) >= 11 is 0. The van der Waals surface area contributed by atoms with Crippen LogP contribution in [0.15, 0.2) is 71.5 Å². The number of imidazole rings is 1. The predicted octanol–water partition coefficient (Wildman–Crippen LogP) is 7.15. The number of likely N-dealkylation sites (tertiary alicyclic amines) is 1. The number of hydrogen-bond acceptors (Lipinski definition) is 4. The molecule has 0 radical (unpaired) electrons. The van der Waals surface area contributed by atoms with Gasteiger partial charge in [-0.3, -0.25) is 18.9 Å². The number of rotatable bonds is 8. The number of nitrogens with zero attached hydrogens (tertiary/aromatic N) is 5. The summed E-state index contributed by atoms with van der Waals surface area (Å²) in [5, 5.41) is 9.21. The summed E-state index contributed by atoms with van der Waals surface area (Å²) in [4.78, 5) is 19.0. The first-order valence-electron chi connectivity index (χ1n) is 15.6. The summed E-state index contributed by atoms with van der Waals surface area (Å²) in [6, 6.07) is 21.2. The fourth-order valence-electron chi connectivity index (χ4n) is 6.78. The maximum Gasteiger partial charge on any atom is 0.417 e. The first kappa shape index (κ1) is 30.2. The van der Waals surface area contributed by atoms with Gasteiger partial charge in [-0.1, -0.05) is 30.7 Å². The molecule has 230 valence electrons. The van der Waals surface area contributed by atoms with Gasteiger partial charge in [0, 0.05) is 25.2 Å².